The largest absolute Gasteiger partial charge is 0.356 e. The first-order chi connectivity index (χ1) is 11.1. The van der Waals surface area contributed by atoms with Crippen LogP contribution in [0.5, 0.6) is 0 Å². The molecular formula is C17H25N5O. The van der Waals surface area contributed by atoms with Crippen LogP contribution in [0.3, 0.4) is 0 Å². The molecule has 1 aliphatic rings. The topological polar surface area (TPSA) is 58.3 Å². The summed E-state index contributed by atoms with van der Waals surface area (Å²) < 4.78 is 5.40. The molecule has 124 valence electrons. The van der Waals surface area contributed by atoms with Gasteiger partial charge in [0.1, 0.15) is 0 Å². The van der Waals surface area contributed by atoms with Gasteiger partial charge in [-0.3, -0.25) is 0 Å². The summed E-state index contributed by atoms with van der Waals surface area (Å²) in [5, 5.41) is 3.98. The maximum absolute atomic E-state index is 5.40. The Labute approximate surface area is 137 Å². The van der Waals surface area contributed by atoms with Gasteiger partial charge in [-0.15, -0.1) is 0 Å². The fourth-order valence-corrected chi connectivity index (χ4v) is 2.92. The van der Waals surface area contributed by atoms with Crippen LogP contribution in [0.2, 0.25) is 0 Å². The van der Waals surface area contributed by atoms with E-state index in [1.54, 1.807) is 0 Å². The lowest BCUT2D eigenvalue weighted by Gasteiger charge is -2.34. The second-order valence-corrected chi connectivity index (χ2v) is 6.38. The highest BCUT2D eigenvalue weighted by Crippen LogP contribution is 2.29. The molecular weight excluding hydrogens is 290 g/mol. The molecule has 3 rings (SSSR count). The highest BCUT2D eigenvalue weighted by Gasteiger charge is 2.21. The Morgan fingerprint density at radius 3 is 2.52 bits per heavy atom. The molecule has 1 aliphatic heterocycles. The van der Waals surface area contributed by atoms with Gasteiger partial charge in [-0.25, -0.2) is 9.97 Å². The number of aromatic nitrogens is 3. The van der Waals surface area contributed by atoms with E-state index >= 15 is 0 Å². The van der Waals surface area contributed by atoms with E-state index in [2.05, 4.69) is 40.7 Å². The van der Waals surface area contributed by atoms with Gasteiger partial charge in [-0.2, -0.15) is 0 Å². The first-order valence-corrected chi connectivity index (χ1v) is 8.36. The molecule has 2 aromatic heterocycles. The predicted octanol–water partition coefficient (Wildman–Crippen LogP) is 2.71. The lowest BCUT2D eigenvalue weighted by molar-refractivity contribution is 0.270. The number of anilines is 1. The van der Waals surface area contributed by atoms with Crippen molar-refractivity contribution in [2.24, 2.45) is 0 Å². The zero-order chi connectivity index (χ0) is 16.4. The third-order valence-electron chi connectivity index (χ3n) is 4.35. The predicted molar refractivity (Wildman–Crippen MR) is 90.7 cm³/mol. The van der Waals surface area contributed by atoms with E-state index in [1.807, 2.05) is 19.2 Å². The van der Waals surface area contributed by atoms with E-state index in [-0.39, 0.29) is 0 Å². The van der Waals surface area contributed by atoms with Crippen molar-refractivity contribution in [2.45, 2.75) is 33.6 Å². The van der Waals surface area contributed by atoms with Gasteiger partial charge in [0.15, 0.2) is 5.76 Å². The molecule has 0 radical (unpaired) electrons. The number of rotatable bonds is 4. The quantitative estimate of drug-likeness (QED) is 0.864. The van der Waals surface area contributed by atoms with E-state index < -0.39 is 0 Å². The van der Waals surface area contributed by atoms with Crippen LogP contribution in [0.15, 0.2) is 16.8 Å². The summed E-state index contributed by atoms with van der Waals surface area (Å²) in [5.74, 6) is 1.87. The summed E-state index contributed by atoms with van der Waals surface area (Å²) in [6.45, 7) is 13.6. The molecule has 3 heterocycles. The van der Waals surface area contributed by atoms with Crippen LogP contribution >= 0.6 is 0 Å². The summed E-state index contributed by atoms with van der Waals surface area (Å²) >= 11 is 0. The van der Waals surface area contributed by atoms with Gasteiger partial charge in [-0.05, 0) is 19.4 Å². The lowest BCUT2D eigenvalue weighted by Crippen LogP contribution is -2.46. The Bertz CT molecular complexity index is 659. The fourth-order valence-electron chi connectivity index (χ4n) is 2.92. The van der Waals surface area contributed by atoms with Crippen LogP contribution in [0, 0.1) is 6.92 Å². The van der Waals surface area contributed by atoms with E-state index in [9.17, 15) is 0 Å². The Balaban J connectivity index is 1.88. The molecule has 0 spiro atoms. The van der Waals surface area contributed by atoms with Crippen molar-refractivity contribution in [3.63, 3.8) is 0 Å². The molecule has 0 aromatic carbocycles. The molecule has 2 aromatic rings. The first-order valence-electron chi connectivity index (χ1n) is 8.36. The summed E-state index contributed by atoms with van der Waals surface area (Å²) in [7, 11) is 0. The number of piperazine rings is 1. The lowest BCUT2D eigenvalue weighted by atomic mass is 10.0. The van der Waals surface area contributed by atoms with Crippen LogP contribution < -0.4 is 4.90 Å². The molecule has 0 aliphatic carbocycles. The van der Waals surface area contributed by atoms with Crippen LogP contribution in [-0.4, -0.2) is 52.7 Å². The van der Waals surface area contributed by atoms with Crippen LogP contribution in [0.4, 0.5) is 5.95 Å². The van der Waals surface area contributed by atoms with Crippen molar-refractivity contribution in [2.75, 3.05) is 37.6 Å². The summed E-state index contributed by atoms with van der Waals surface area (Å²) in [4.78, 5) is 14.2. The van der Waals surface area contributed by atoms with Gasteiger partial charge in [0, 0.05) is 38.4 Å². The summed E-state index contributed by atoms with van der Waals surface area (Å²) in [6.07, 6.45) is 1.88. The van der Waals surface area contributed by atoms with Gasteiger partial charge < -0.3 is 14.3 Å². The van der Waals surface area contributed by atoms with Crippen molar-refractivity contribution < 1.29 is 4.52 Å². The van der Waals surface area contributed by atoms with E-state index in [4.69, 9.17) is 9.51 Å². The number of nitrogens with zero attached hydrogens (tertiary/aromatic N) is 5. The molecule has 1 saturated heterocycles. The third-order valence-corrected chi connectivity index (χ3v) is 4.35. The minimum Gasteiger partial charge on any atom is -0.356 e. The molecule has 1 fully saturated rings. The molecule has 0 N–H and O–H groups in total. The van der Waals surface area contributed by atoms with E-state index in [1.165, 1.54) is 0 Å². The molecule has 0 atom stereocenters. The number of aryl methyl sites for hydroxylation is 1. The van der Waals surface area contributed by atoms with Gasteiger partial charge >= 0.3 is 0 Å². The fraction of sp³-hybridized carbons (Fsp3) is 0.588. The second kappa shape index (κ2) is 6.66. The van der Waals surface area contributed by atoms with E-state index in [0.717, 1.165) is 61.4 Å². The summed E-state index contributed by atoms with van der Waals surface area (Å²) in [5.41, 5.74) is 2.83. The number of hydrogen-bond donors (Lipinski definition) is 0. The highest BCUT2D eigenvalue weighted by molar-refractivity contribution is 5.61. The first kappa shape index (κ1) is 15.9. The summed E-state index contributed by atoms with van der Waals surface area (Å²) in [6, 6.07) is 1.93. The van der Waals surface area contributed by atoms with Crippen molar-refractivity contribution in [1.82, 2.24) is 20.0 Å². The molecule has 23 heavy (non-hydrogen) atoms. The van der Waals surface area contributed by atoms with Gasteiger partial charge in [0.25, 0.3) is 0 Å². The van der Waals surface area contributed by atoms with Gasteiger partial charge in [0.05, 0.1) is 17.0 Å². The average molecular weight is 315 g/mol. The zero-order valence-corrected chi connectivity index (χ0v) is 14.4. The molecule has 0 unspecified atom stereocenters. The minimum absolute atomic E-state index is 0.300. The van der Waals surface area contributed by atoms with Crippen LogP contribution in [-0.2, 0) is 0 Å². The standard InChI is InChI=1S/C17H25N5O/c1-5-21-6-8-22(9-7-21)17-18-11-14(16(19-17)12(2)3)15-10-13(4)20-23-15/h10-12H,5-9H2,1-4H3. The number of hydrogen-bond acceptors (Lipinski definition) is 6. The highest BCUT2D eigenvalue weighted by atomic mass is 16.5. The van der Waals surface area contributed by atoms with E-state index in [0.29, 0.717) is 5.92 Å². The van der Waals surface area contributed by atoms with Crippen LogP contribution in [0.25, 0.3) is 11.3 Å². The smallest absolute Gasteiger partial charge is 0.225 e. The molecule has 0 bridgehead atoms. The molecule has 6 heteroatoms. The van der Waals surface area contributed by atoms with Crippen LogP contribution in [0.1, 0.15) is 38.1 Å². The SMILES string of the molecule is CCN1CCN(c2ncc(-c3cc(C)no3)c(C(C)C)n2)CC1. The molecule has 6 nitrogen and oxygen atoms in total. The normalized spacial score (nSPS) is 16.3. The van der Waals surface area contributed by atoms with Gasteiger partial charge in [0.2, 0.25) is 5.95 Å². The Kier molecular flexibility index (Phi) is 4.61. The maximum Gasteiger partial charge on any atom is 0.225 e. The van der Waals surface area contributed by atoms with Crippen molar-refractivity contribution in [1.29, 1.82) is 0 Å². The Hall–Kier alpha value is -1.95. The Morgan fingerprint density at radius 2 is 1.96 bits per heavy atom. The number of likely N-dealkylation sites (N-methyl/N-ethyl adjacent to an activating group) is 1. The van der Waals surface area contributed by atoms with Crippen molar-refractivity contribution in [3.05, 3.63) is 23.7 Å². The van der Waals surface area contributed by atoms with Crippen molar-refractivity contribution >= 4 is 5.95 Å². The Morgan fingerprint density at radius 1 is 1.22 bits per heavy atom. The third kappa shape index (κ3) is 3.37. The minimum atomic E-state index is 0.300. The molecule has 0 amide bonds. The monoisotopic (exact) mass is 315 g/mol. The second-order valence-electron chi connectivity index (χ2n) is 6.38. The average Bonchev–Trinajstić information content (AvgIpc) is 3.00. The van der Waals surface area contributed by atoms with Crippen molar-refractivity contribution in [3.8, 4) is 11.3 Å². The zero-order valence-electron chi connectivity index (χ0n) is 14.4. The van der Waals surface area contributed by atoms with Gasteiger partial charge in [-0.1, -0.05) is 25.9 Å². The molecule has 0 saturated carbocycles. The maximum atomic E-state index is 5.40.